The van der Waals surface area contributed by atoms with E-state index in [1.807, 2.05) is 0 Å². The van der Waals surface area contributed by atoms with Gasteiger partial charge in [0.05, 0.1) is 0 Å². The van der Waals surface area contributed by atoms with Crippen LogP contribution in [0.15, 0.2) is 24.3 Å². The summed E-state index contributed by atoms with van der Waals surface area (Å²) < 4.78 is 0. The maximum atomic E-state index is 2.38. The van der Waals surface area contributed by atoms with Crippen molar-refractivity contribution in [3.63, 3.8) is 0 Å². The summed E-state index contributed by atoms with van der Waals surface area (Å²) in [7, 11) is 8.55. The largest absolute Gasteiger partial charge is 0.309 e. The highest BCUT2D eigenvalue weighted by atomic mass is 15.0. The highest BCUT2D eigenvalue weighted by Crippen LogP contribution is 2.10. The first-order chi connectivity index (χ1) is 8.58. The molecule has 1 aromatic carbocycles. The van der Waals surface area contributed by atoms with Crippen LogP contribution in [0.5, 0.6) is 0 Å². The molecule has 2 heteroatoms. The molecule has 0 radical (unpaired) electrons. The van der Waals surface area contributed by atoms with Gasteiger partial charge in [0, 0.05) is 0 Å². The summed E-state index contributed by atoms with van der Waals surface area (Å²) in [4.78, 5) is 4.50. The smallest absolute Gasteiger partial charge is 0.00217 e. The van der Waals surface area contributed by atoms with E-state index in [2.05, 4.69) is 62.3 Å². The first-order valence-electron chi connectivity index (χ1n) is 6.95. The van der Waals surface area contributed by atoms with Gasteiger partial charge in [-0.15, -0.1) is 0 Å². The molecule has 0 fully saturated rings. The third-order valence-corrected chi connectivity index (χ3v) is 3.13. The molecular formula is C16H28N2. The summed E-state index contributed by atoms with van der Waals surface area (Å²) in [6, 6.07) is 9.09. The molecule has 0 amide bonds. The van der Waals surface area contributed by atoms with Gasteiger partial charge in [-0.1, -0.05) is 24.3 Å². The van der Waals surface area contributed by atoms with Crippen molar-refractivity contribution in [2.45, 2.75) is 25.7 Å². The second kappa shape index (κ2) is 8.28. The fourth-order valence-corrected chi connectivity index (χ4v) is 2.14. The van der Waals surface area contributed by atoms with Crippen molar-refractivity contribution in [2.75, 3.05) is 41.3 Å². The molecule has 0 aliphatic rings. The lowest BCUT2D eigenvalue weighted by atomic mass is 10.0. The Labute approximate surface area is 113 Å². The minimum atomic E-state index is 1.17. The molecule has 0 saturated heterocycles. The molecule has 0 spiro atoms. The Morgan fingerprint density at radius 2 is 1.22 bits per heavy atom. The van der Waals surface area contributed by atoms with Gasteiger partial charge in [0.25, 0.3) is 0 Å². The predicted molar refractivity (Wildman–Crippen MR) is 80.2 cm³/mol. The van der Waals surface area contributed by atoms with E-state index in [0.717, 1.165) is 0 Å². The predicted octanol–water partition coefficient (Wildman–Crippen LogP) is 2.68. The summed E-state index contributed by atoms with van der Waals surface area (Å²) >= 11 is 0. The maximum Gasteiger partial charge on any atom is -0.00217 e. The van der Waals surface area contributed by atoms with E-state index >= 15 is 0 Å². The fraction of sp³-hybridized carbons (Fsp3) is 0.625. The second-order valence-electron chi connectivity index (χ2n) is 5.63. The average Bonchev–Trinajstić information content (AvgIpc) is 2.28. The SMILES string of the molecule is CN(C)CCCc1cccc(CCCN(C)C)c1. The first-order valence-corrected chi connectivity index (χ1v) is 6.95. The van der Waals surface area contributed by atoms with Crippen LogP contribution in [-0.4, -0.2) is 51.1 Å². The van der Waals surface area contributed by atoms with Gasteiger partial charge in [-0.25, -0.2) is 0 Å². The lowest BCUT2D eigenvalue weighted by Gasteiger charge is -2.11. The summed E-state index contributed by atoms with van der Waals surface area (Å²) in [5, 5.41) is 0. The van der Waals surface area contributed by atoms with Crippen molar-refractivity contribution in [3.8, 4) is 0 Å². The number of hydrogen-bond donors (Lipinski definition) is 0. The molecule has 1 rings (SSSR count). The van der Waals surface area contributed by atoms with E-state index in [-0.39, 0.29) is 0 Å². The van der Waals surface area contributed by atoms with Crippen LogP contribution < -0.4 is 0 Å². The van der Waals surface area contributed by atoms with Crippen molar-refractivity contribution in [3.05, 3.63) is 35.4 Å². The minimum Gasteiger partial charge on any atom is -0.309 e. The van der Waals surface area contributed by atoms with Crippen molar-refractivity contribution in [2.24, 2.45) is 0 Å². The van der Waals surface area contributed by atoms with Gasteiger partial charge in [-0.05, 0) is 78.1 Å². The van der Waals surface area contributed by atoms with E-state index in [9.17, 15) is 0 Å². The van der Waals surface area contributed by atoms with E-state index in [1.165, 1.54) is 49.9 Å². The average molecular weight is 248 g/mol. The molecule has 0 unspecified atom stereocenters. The van der Waals surface area contributed by atoms with Crippen LogP contribution in [0.25, 0.3) is 0 Å². The molecule has 0 atom stereocenters. The number of nitrogens with zero attached hydrogens (tertiary/aromatic N) is 2. The number of benzene rings is 1. The Bertz CT molecular complexity index is 302. The van der Waals surface area contributed by atoms with Crippen LogP contribution >= 0.6 is 0 Å². The van der Waals surface area contributed by atoms with Crippen LogP contribution in [0.2, 0.25) is 0 Å². The first kappa shape index (κ1) is 15.2. The summed E-state index contributed by atoms with van der Waals surface area (Å²) in [6.45, 7) is 2.34. The molecule has 0 aromatic heterocycles. The molecule has 0 aliphatic carbocycles. The van der Waals surface area contributed by atoms with Crippen LogP contribution in [0.4, 0.5) is 0 Å². The van der Waals surface area contributed by atoms with Gasteiger partial charge < -0.3 is 9.80 Å². The molecule has 1 aromatic rings. The third kappa shape index (κ3) is 6.77. The normalized spacial score (nSPS) is 11.4. The third-order valence-electron chi connectivity index (χ3n) is 3.13. The highest BCUT2D eigenvalue weighted by molar-refractivity contribution is 5.23. The van der Waals surface area contributed by atoms with Gasteiger partial charge >= 0.3 is 0 Å². The van der Waals surface area contributed by atoms with E-state index in [1.54, 1.807) is 0 Å². The molecule has 0 N–H and O–H groups in total. The van der Waals surface area contributed by atoms with Gasteiger partial charge in [0.2, 0.25) is 0 Å². The molecule has 0 bridgehead atoms. The zero-order chi connectivity index (χ0) is 13.4. The monoisotopic (exact) mass is 248 g/mol. The quantitative estimate of drug-likeness (QED) is 0.698. The Kier molecular flexibility index (Phi) is 6.99. The minimum absolute atomic E-state index is 1.17. The zero-order valence-electron chi connectivity index (χ0n) is 12.4. The standard InChI is InChI=1S/C16H28N2/c1-17(2)12-6-10-15-8-5-9-16(14-15)11-7-13-18(3)4/h5,8-9,14H,6-7,10-13H2,1-4H3. The summed E-state index contributed by atoms with van der Waals surface area (Å²) in [6.07, 6.45) is 4.88. The molecule has 0 aliphatic heterocycles. The van der Waals surface area contributed by atoms with Gasteiger partial charge in [0.15, 0.2) is 0 Å². The number of hydrogen-bond acceptors (Lipinski definition) is 2. The van der Waals surface area contributed by atoms with Gasteiger partial charge in [0.1, 0.15) is 0 Å². The van der Waals surface area contributed by atoms with E-state index < -0.39 is 0 Å². The summed E-state index contributed by atoms with van der Waals surface area (Å²) in [5.74, 6) is 0. The van der Waals surface area contributed by atoms with Gasteiger partial charge in [-0.3, -0.25) is 0 Å². The Morgan fingerprint density at radius 3 is 1.61 bits per heavy atom. The molecule has 102 valence electrons. The van der Waals surface area contributed by atoms with Crippen molar-refractivity contribution in [1.29, 1.82) is 0 Å². The van der Waals surface area contributed by atoms with E-state index in [4.69, 9.17) is 0 Å². The highest BCUT2D eigenvalue weighted by Gasteiger charge is 1.98. The molecule has 0 heterocycles. The van der Waals surface area contributed by atoms with Gasteiger partial charge in [-0.2, -0.15) is 0 Å². The maximum absolute atomic E-state index is 2.38. The zero-order valence-corrected chi connectivity index (χ0v) is 12.4. The molecule has 18 heavy (non-hydrogen) atoms. The van der Waals surface area contributed by atoms with Crippen LogP contribution in [-0.2, 0) is 12.8 Å². The molecule has 0 saturated carbocycles. The van der Waals surface area contributed by atoms with Crippen molar-refractivity contribution in [1.82, 2.24) is 9.80 Å². The van der Waals surface area contributed by atoms with E-state index in [0.29, 0.717) is 0 Å². The number of rotatable bonds is 8. The molecular weight excluding hydrogens is 220 g/mol. The Morgan fingerprint density at radius 1 is 0.778 bits per heavy atom. The fourth-order valence-electron chi connectivity index (χ4n) is 2.14. The Balaban J connectivity index is 2.36. The summed E-state index contributed by atoms with van der Waals surface area (Å²) in [5.41, 5.74) is 2.97. The van der Waals surface area contributed by atoms with Crippen LogP contribution in [0.3, 0.4) is 0 Å². The Hall–Kier alpha value is -0.860. The van der Waals surface area contributed by atoms with Crippen molar-refractivity contribution < 1.29 is 0 Å². The lowest BCUT2D eigenvalue weighted by molar-refractivity contribution is 0.399. The van der Waals surface area contributed by atoms with Crippen molar-refractivity contribution >= 4 is 0 Å². The topological polar surface area (TPSA) is 6.48 Å². The number of aryl methyl sites for hydroxylation is 2. The van der Waals surface area contributed by atoms with Crippen LogP contribution in [0, 0.1) is 0 Å². The van der Waals surface area contributed by atoms with Crippen LogP contribution in [0.1, 0.15) is 24.0 Å². The lowest BCUT2D eigenvalue weighted by Crippen LogP contribution is -2.14. The second-order valence-corrected chi connectivity index (χ2v) is 5.63. The molecule has 2 nitrogen and oxygen atoms in total.